The highest BCUT2D eigenvalue weighted by molar-refractivity contribution is 6.43. The summed E-state index contributed by atoms with van der Waals surface area (Å²) in [6, 6.07) is 2.61. The standard InChI is InChI=1S/C26H31FN4O3/c1-14-20(23(33)29-18-5-6-28-19(27)8-18)15(2)31(4)21(14)22(32)24(34)30-26-11-16-7-17(12-26)10-25(3,9-16)13-26/h5-6,8,16-17H,7,9-13H2,1-4H3,(H,30,34)(H,28,29,33). The molecular formula is C26H31FN4O3. The summed E-state index contributed by atoms with van der Waals surface area (Å²) in [6.45, 7) is 5.71. The molecule has 2 aromatic heterocycles. The number of amides is 2. The van der Waals surface area contributed by atoms with Gasteiger partial charge in [0.25, 0.3) is 17.6 Å². The minimum Gasteiger partial charge on any atom is -0.344 e. The normalized spacial score (nSPS) is 29.2. The van der Waals surface area contributed by atoms with E-state index < -0.39 is 23.5 Å². The molecule has 8 heteroatoms. The Morgan fingerprint density at radius 3 is 2.44 bits per heavy atom. The van der Waals surface area contributed by atoms with Crippen molar-refractivity contribution in [2.45, 2.75) is 64.8 Å². The molecule has 4 aliphatic carbocycles. The van der Waals surface area contributed by atoms with Gasteiger partial charge in [0.2, 0.25) is 5.95 Å². The zero-order valence-corrected chi connectivity index (χ0v) is 20.1. The van der Waals surface area contributed by atoms with E-state index in [1.54, 1.807) is 25.5 Å². The van der Waals surface area contributed by atoms with Crippen molar-refractivity contribution in [3.05, 3.63) is 46.8 Å². The van der Waals surface area contributed by atoms with Crippen LogP contribution in [0.25, 0.3) is 0 Å². The van der Waals surface area contributed by atoms with Gasteiger partial charge < -0.3 is 15.2 Å². The van der Waals surface area contributed by atoms with E-state index in [4.69, 9.17) is 0 Å². The van der Waals surface area contributed by atoms with Gasteiger partial charge in [-0.3, -0.25) is 14.4 Å². The van der Waals surface area contributed by atoms with Gasteiger partial charge in [0, 0.05) is 36.2 Å². The van der Waals surface area contributed by atoms with Crippen LogP contribution in [0.1, 0.15) is 77.6 Å². The lowest BCUT2D eigenvalue weighted by atomic mass is 9.47. The smallest absolute Gasteiger partial charge is 0.294 e. The van der Waals surface area contributed by atoms with Crippen molar-refractivity contribution in [3.8, 4) is 0 Å². The van der Waals surface area contributed by atoms with E-state index in [2.05, 4.69) is 22.5 Å². The van der Waals surface area contributed by atoms with Crippen LogP contribution in [0.4, 0.5) is 10.1 Å². The molecule has 4 saturated carbocycles. The second-order valence-electron chi connectivity index (χ2n) is 11.1. The molecule has 0 aromatic carbocycles. The third kappa shape index (κ3) is 3.73. The Kier molecular flexibility index (Phi) is 5.18. The number of nitrogens with zero attached hydrogens (tertiary/aromatic N) is 2. The highest BCUT2D eigenvalue weighted by atomic mass is 19.1. The maximum absolute atomic E-state index is 13.4. The number of anilines is 1. The van der Waals surface area contributed by atoms with Gasteiger partial charge >= 0.3 is 0 Å². The van der Waals surface area contributed by atoms with Crippen molar-refractivity contribution in [2.24, 2.45) is 24.3 Å². The summed E-state index contributed by atoms with van der Waals surface area (Å²) >= 11 is 0. The Morgan fingerprint density at radius 1 is 1.15 bits per heavy atom. The first-order chi connectivity index (χ1) is 16.0. The molecule has 180 valence electrons. The van der Waals surface area contributed by atoms with Gasteiger partial charge in [0.1, 0.15) is 0 Å². The van der Waals surface area contributed by atoms with Crippen LogP contribution in [0, 0.1) is 37.0 Å². The van der Waals surface area contributed by atoms with Crippen LogP contribution in [0.5, 0.6) is 0 Å². The number of carbonyl (C=O) groups excluding carboxylic acids is 3. The molecule has 0 saturated heterocycles. The van der Waals surface area contributed by atoms with E-state index in [1.807, 2.05) is 0 Å². The van der Waals surface area contributed by atoms with E-state index in [0.29, 0.717) is 28.7 Å². The maximum atomic E-state index is 13.4. The molecule has 2 unspecified atom stereocenters. The zero-order chi connectivity index (χ0) is 24.4. The summed E-state index contributed by atoms with van der Waals surface area (Å²) < 4.78 is 15.0. The first-order valence-electron chi connectivity index (χ1n) is 11.9. The van der Waals surface area contributed by atoms with Gasteiger partial charge in [-0.15, -0.1) is 0 Å². The highest BCUT2D eigenvalue weighted by Crippen LogP contribution is 2.61. The zero-order valence-electron chi connectivity index (χ0n) is 20.1. The number of rotatable bonds is 5. The Hall–Kier alpha value is -3.03. The summed E-state index contributed by atoms with van der Waals surface area (Å²) in [6.07, 6.45) is 7.74. The average Bonchev–Trinajstić information content (AvgIpc) is 2.93. The molecule has 34 heavy (non-hydrogen) atoms. The molecule has 0 aliphatic heterocycles. The van der Waals surface area contributed by atoms with Crippen LogP contribution >= 0.6 is 0 Å². The molecule has 0 radical (unpaired) electrons. The number of aromatic nitrogens is 2. The van der Waals surface area contributed by atoms with Crippen LogP contribution in [0.3, 0.4) is 0 Å². The monoisotopic (exact) mass is 466 g/mol. The number of ketones is 1. The van der Waals surface area contributed by atoms with Crippen LogP contribution in [-0.4, -0.2) is 32.7 Å². The van der Waals surface area contributed by atoms with Crippen molar-refractivity contribution < 1.29 is 18.8 Å². The quantitative estimate of drug-likeness (QED) is 0.394. The molecule has 4 fully saturated rings. The van der Waals surface area contributed by atoms with Gasteiger partial charge in [0.05, 0.1) is 11.3 Å². The molecule has 2 aromatic rings. The summed E-state index contributed by atoms with van der Waals surface area (Å²) in [5.74, 6) is -1.16. The number of nitrogens with one attached hydrogen (secondary N) is 2. The molecule has 2 N–H and O–H groups in total. The number of Topliss-reactive ketones (excluding diaryl/α,β-unsaturated/α-hetero) is 1. The Morgan fingerprint density at radius 2 is 1.82 bits per heavy atom. The van der Waals surface area contributed by atoms with E-state index in [9.17, 15) is 18.8 Å². The van der Waals surface area contributed by atoms with E-state index in [1.165, 1.54) is 31.5 Å². The highest BCUT2D eigenvalue weighted by Gasteiger charge is 2.56. The predicted octanol–water partition coefficient (Wildman–Crippen LogP) is 4.09. The Labute approximate surface area is 198 Å². The number of halogens is 1. The van der Waals surface area contributed by atoms with E-state index >= 15 is 0 Å². The predicted molar refractivity (Wildman–Crippen MR) is 125 cm³/mol. The lowest BCUT2D eigenvalue weighted by Crippen LogP contribution is -2.63. The van der Waals surface area contributed by atoms with Crippen LogP contribution in [0.15, 0.2) is 18.3 Å². The molecule has 7 nitrogen and oxygen atoms in total. The third-order valence-electron chi connectivity index (χ3n) is 8.30. The minimum atomic E-state index is -0.703. The van der Waals surface area contributed by atoms with Crippen LogP contribution in [-0.2, 0) is 11.8 Å². The summed E-state index contributed by atoms with van der Waals surface area (Å²) in [4.78, 5) is 43.1. The lowest BCUT2D eigenvalue weighted by molar-refractivity contribution is -0.126. The number of carbonyl (C=O) groups is 3. The number of hydrogen-bond acceptors (Lipinski definition) is 4. The molecule has 6 rings (SSSR count). The summed E-state index contributed by atoms with van der Waals surface area (Å²) in [5.41, 5.74) is 1.71. The number of hydrogen-bond donors (Lipinski definition) is 2. The number of pyridine rings is 1. The first-order valence-corrected chi connectivity index (χ1v) is 11.9. The fourth-order valence-electron chi connectivity index (χ4n) is 7.58. The lowest BCUT2D eigenvalue weighted by Gasteiger charge is -2.61. The molecule has 2 amide bonds. The molecule has 4 aliphatic rings. The van der Waals surface area contributed by atoms with Crippen molar-refractivity contribution >= 4 is 23.3 Å². The van der Waals surface area contributed by atoms with Crippen molar-refractivity contribution in [3.63, 3.8) is 0 Å². The van der Waals surface area contributed by atoms with Crippen molar-refractivity contribution in [2.75, 3.05) is 5.32 Å². The molecule has 4 bridgehead atoms. The second kappa shape index (κ2) is 7.75. The van der Waals surface area contributed by atoms with E-state index in [0.717, 1.165) is 25.3 Å². The van der Waals surface area contributed by atoms with Crippen LogP contribution in [0.2, 0.25) is 0 Å². The molecule has 0 spiro atoms. The summed E-state index contributed by atoms with van der Waals surface area (Å²) in [5, 5.41) is 5.81. The third-order valence-corrected chi connectivity index (χ3v) is 8.30. The summed E-state index contributed by atoms with van der Waals surface area (Å²) in [7, 11) is 1.68. The van der Waals surface area contributed by atoms with E-state index in [-0.39, 0.29) is 22.3 Å². The van der Waals surface area contributed by atoms with Gasteiger partial charge in [0.15, 0.2) is 0 Å². The van der Waals surface area contributed by atoms with Gasteiger partial charge in [-0.05, 0) is 81.3 Å². The van der Waals surface area contributed by atoms with Gasteiger partial charge in [-0.2, -0.15) is 4.39 Å². The fraction of sp³-hybridized carbons (Fsp3) is 0.538. The van der Waals surface area contributed by atoms with Gasteiger partial charge in [-0.25, -0.2) is 4.98 Å². The Balaban J connectivity index is 1.38. The molecule has 2 heterocycles. The van der Waals surface area contributed by atoms with Crippen LogP contribution < -0.4 is 10.6 Å². The Bertz CT molecular complexity index is 1200. The largest absolute Gasteiger partial charge is 0.344 e. The van der Waals surface area contributed by atoms with Gasteiger partial charge in [-0.1, -0.05) is 6.92 Å². The molecular weight excluding hydrogens is 435 g/mol. The first kappa shape index (κ1) is 22.7. The maximum Gasteiger partial charge on any atom is 0.294 e. The van der Waals surface area contributed by atoms with Crippen molar-refractivity contribution in [1.82, 2.24) is 14.9 Å². The van der Waals surface area contributed by atoms with Crippen molar-refractivity contribution in [1.29, 1.82) is 0 Å². The minimum absolute atomic E-state index is 0.206. The average molecular weight is 467 g/mol. The second-order valence-corrected chi connectivity index (χ2v) is 11.1. The topological polar surface area (TPSA) is 93.1 Å². The fourth-order valence-corrected chi connectivity index (χ4v) is 7.58. The molecule has 2 atom stereocenters. The SMILES string of the molecule is Cc1c(C(=O)Nc2ccnc(F)c2)c(C)n(C)c1C(=O)C(=O)NC12CC3CC(CC(C)(C3)C1)C2.